The summed E-state index contributed by atoms with van der Waals surface area (Å²) in [6.45, 7) is 34.1. The molecule has 0 spiro atoms. The lowest BCUT2D eigenvalue weighted by molar-refractivity contribution is -0.0334. The summed E-state index contributed by atoms with van der Waals surface area (Å²) in [6, 6.07) is 20.0. The lowest BCUT2D eigenvalue weighted by Gasteiger charge is -2.47. The van der Waals surface area contributed by atoms with Crippen LogP contribution in [0.4, 0.5) is 0 Å². The number of hydrogen-bond acceptors (Lipinski definition) is 6. The van der Waals surface area contributed by atoms with Crippen molar-refractivity contribution < 1.29 is 18.0 Å². The smallest absolute Gasteiger partial charge is 0.250 e. The second-order valence-electron chi connectivity index (χ2n) is 19.6. The van der Waals surface area contributed by atoms with E-state index in [9.17, 15) is 10.5 Å². The third kappa shape index (κ3) is 10.2. The van der Waals surface area contributed by atoms with Crippen molar-refractivity contribution in [1.29, 1.82) is 10.5 Å². The molecule has 1 aliphatic carbocycles. The molecule has 54 heavy (non-hydrogen) atoms. The average molecular weight is 781 g/mol. The van der Waals surface area contributed by atoms with E-state index in [0.29, 0.717) is 17.5 Å². The number of fused-ring (bicyclic) bond motifs is 1. The van der Waals surface area contributed by atoms with Gasteiger partial charge in [-0.2, -0.15) is 10.5 Å². The lowest BCUT2D eigenvalue weighted by atomic mass is 9.74. The van der Waals surface area contributed by atoms with Gasteiger partial charge in [-0.1, -0.05) is 92.7 Å². The van der Waals surface area contributed by atoms with Crippen LogP contribution < -0.4 is 0 Å². The maximum Gasteiger partial charge on any atom is 0.250 e. The van der Waals surface area contributed by atoms with E-state index in [1.165, 1.54) is 0 Å². The molecule has 4 rings (SSSR count). The van der Waals surface area contributed by atoms with Gasteiger partial charge >= 0.3 is 0 Å². The molecule has 9 heteroatoms. The Labute approximate surface area is 330 Å². The number of allylic oxidation sites excluding steroid dienone is 2. The first-order chi connectivity index (χ1) is 24.8. The zero-order valence-corrected chi connectivity index (χ0v) is 38.5. The van der Waals surface area contributed by atoms with Crippen LogP contribution in [0.15, 0.2) is 90.1 Å². The summed E-state index contributed by atoms with van der Waals surface area (Å²) in [5.41, 5.74) is 3.35. The Hall–Kier alpha value is -3.61. The Morgan fingerprint density at radius 3 is 1.70 bits per heavy atom. The van der Waals surface area contributed by atoms with Crippen molar-refractivity contribution in [1.82, 2.24) is 0 Å². The molecule has 2 aliphatic rings. The molecule has 1 aliphatic heterocycles. The first-order valence-corrected chi connectivity index (χ1v) is 28.0. The molecule has 4 atom stereocenters. The zero-order valence-electron chi connectivity index (χ0n) is 35.5. The molecule has 0 radical (unpaired) electrons. The van der Waals surface area contributed by atoms with E-state index >= 15 is 0 Å². The largest absolute Gasteiger partial charge is 0.547 e. The molecule has 0 amide bonds. The summed E-state index contributed by atoms with van der Waals surface area (Å²) in [4.78, 5) is 0. The molecular weight excluding hydrogens is 717 g/mol. The molecule has 0 bridgehead atoms. The molecule has 6 nitrogen and oxygen atoms in total. The van der Waals surface area contributed by atoms with Gasteiger partial charge in [0.1, 0.15) is 11.9 Å². The minimum absolute atomic E-state index is 0.0154. The highest BCUT2D eigenvalue weighted by molar-refractivity contribution is 6.75. The van der Waals surface area contributed by atoms with Crippen molar-refractivity contribution in [3.05, 3.63) is 112 Å². The molecule has 0 unspecified atom stereocenters. The number of ether oxygens (including phenoxy) is 1. The summed E-state index contributed by atoms with van der Waals surface area (Å²) in [7, 11) is -6.71. The molecule has 2 aromatic rings. The van der Waals surface area contributed by atoms with E-state index in [0.717, 1.165) is 28.4 Å². The van der Waals surface area contributed by atoms with Gasteiger partial charge in [0.2, 0.25) is 25.0 Å². The molecule has 0 saturated carbocycles. The maximum absolute atomic E-state index is 9.61. The molecule has 290 valence electrons. The summed E-state index contributed by atoms with van der Waals surface area (Å²) >= 11 is 0. The minimum atomic E-state index is -2.29. The van der Waals surface area contributed by atoms with Crippen LogP contribution in [0.5, 0.6) is 0 Å². The molecule has 0 N–H and O–H groups in total. The molecular formula is C45H64N2O4Si3. The van der Waals surface area contributed by atoms with Crippen molar-refractivity contribution in [3.63, 3.8) is 0 Å². The van der Waals surface area contributed by atoms with Gasteiger partial charge in [-0.05, 0) is 114 Å². The number of nitrogens with zero attached hydrogens (tertiary/aromatic N) is 2. The van der Waals surface area contributed by atoms with Gasteiger partial charge in [0.05, 0.1) is 46.8 Å². The topological polar surface area (TPSA) is 84.5 Å². The van der Waals surface area contributed by atoms with E-state index in [4.69, 9.17) is 18.0 Å². The molecule has 1 heterocycles. The normalized spacial score (nSPS) is 21.7. The fourth-order valence-corrected chi connectivity index (χ4v) is 9.04. The Bertz CT molecular complexity index is 1850. The highest BCUT2D eigenvalue weighted by Gasteiger charge is 2.48. The van der Waals surface area contributed by atoms with Crippen LogP contribution >= 0.6 is 0 Å². The third-order valence-corrected chi connectivity index (χ3v) is 25.4. The van der Waals surface area contributed by atoms with Gasteiger partial charge in [-0.25, -0.2) is 0 Å². The predicted molar refractivity (Wildman–Crippen MR) is 230 cm³/mol. The monoisotopic (exact) mass is 780 g/mol. The number of nitriles is 2. The van der Waals surface area contributed by atoms with Crippen molar-refractivity contribution in [2.24, 2.45) is 5.92 Å². The second-order valence-corrected chi connectivity index (χ2v) is 33.7. The lowest BCUT2D eigenvalue weighted by Crippen LogP contribution is -2.47. The van der Waals surface area contributed by atoms with E-state index < -0.39 is 31.1 Å². The predicted octanol–water partition coefficient (Wildman–Crippen LogP) is 12.7. The van der Waals surface area contributed by atoms with Gasteiger partial charge in [-0.15, -0.1) is 0 Å². The minimum Gasteiger partial charge on any atom is -0.547 e. The third-order valence-electron chi connectivity index (χ3n) is 12.3. The standard InChI is InChI=1S/C45H64N2O4Si3/c1-43(2,3)52(10,11)49-36(25-22-32-16-18-33(30-46)19-17-32)26-37-28-41(51-54(14,15)45(7,8)9)42-39(35-23-20-34(31-47)21-24-35)27-38(29-40(42)48-37)50-53(12,13)44(4,5)6/h16-28,37,39-40,42H,29H2,1-15H3/b25-22+,36-26-/t37-,39-,40-,42+/m0/s1. The van der Waals surface area contributed by atoms with Crippen LogP contribution in [-0.4, -0.2) is 37.2 Å². The Morgan fingerprint density at radius 1 is 0.704 bits per heavy atom. The van der Waals surface area contributed by atoms with Gasteiger partial charge < -0.3 is 18.0 Å². The van der Waals surface area contributed by atoms with Gasteiger partial charge in [0.15, 0.2) is 0 Å². The van der Waals surface area contributed by atoms with Crippen molar-refractivity contribution in [2.45, 2.75) is 141 Å². The van der Waals surface area contributed by atoms with E-state index in [2.05, 4.69) is 144 Å². The average Bonchev–Trinajstić information content (AvgIpc) is 3.05. The van der Waals surface area contributed by atoms with Crippen molar-refractivity contribution in [2.75, 3.05) is 0 Å². The Kier molecular flexibility index (Phi) is 12.7. The van der Waals surface area contributed by atoms with Gasteiger partial charge in [-0.3, -0.25) is 0 Å². The van der Waals surface area contributed by atoms with Crippen LogP contribution in [-0.2, 0) is 18.0 Å². The zero-order chi connectivity index (χ0) is 40.5. The van der Waals surface area contributed by atoms with Crippen LogP contribution in [0.1, 0.15) is 96.9 Å². The van der Waals surface area contributed by atoms with Gasteiger partial charge in [0, 0.05) is 12.3 Å². The van der Waals surface area contributed by atoms with Crippen LogP contribution in [0, 0.1) is 28.6 Å². The fourth-order valence-electron chi connectivity index (χ4n) is 5.79. The quantitative estimate of drug-likeness (QED) is 0.136. The number of benzene rings is 2. The first kappa shape index (κ1) is 43.1. The highest BCUT2D eigenvalue weighted by Crippen LogP contribution is 2.50. The summed E-state index contributed by atoms with van der Waals surface area (Å²) in [5, 5.41) is 18.9. The summed E-state index contributed by atoms with van der Waals surface area (Å²) < 4.78 is 28.5. The van der Waals surface area contributed by atoms with E-state index in [1.54, 1.807) is 0 Å². The summed E-state index contributed by atoms with van der Waals surface area (Å²) in [6.07, 6.45) is 10.7. The molecule has 0 fully saturated rings. The fraction of sp³-hybridized carbons (Fsp3) is 0.511. The van der Waals surface area contributed by atoms with Gasteiger partial charge in [0.25, 0.3) is 0 Å². The van der Waals surface area contributed by atoms with Crippen molar-refractivity contribution in [3.8, 4) is 12.1 Å². The van der Waals surface area contributed by atoms with Crippen LogP contribution in [0.25, 0.3) is 6.08 Å². The van der Waals surface area contributed by atoms with Crippen molar-refractivity contribution >= 4 is 31.0 Å². The molecule has 2 aromatic carbocycles. The number of hydrogen-bond donors (Lipinski definition) is 0. The van der Waals surface area contributed by atoms with E-state index in [-0.39, 0.29) is 33.1 Å². The first-order valence-electron chi connectivity index (χ1n) is 19.3. The SMILES string of the molecule is CC(C)(C)[Si](C)(C)OC1=C[C@@H](c2ccc(C#N)cc2)[C@H]2C(O[Si](C)(C)C(C)(C)C)=C[C@H](/C=C(/C=C/c3ccc(C#N)cc3)O[Si](C)(C)C(C)(C)C)O[C@H]2C1. The second kappa shape index (κ2) is 15.9. The summed E-state index contributed by atoms with van der Waals surface area (Å²) in [5.74, 6) is 2.52. The van der Waals surface area contributed by atoms with Crippen LogP contribution in [0.3, 0.4) is 0 Å². The van der Waals surface area contributed by atoms with Crippen LogP contribution in [0.2, 0.25) is 54.4 Å². The Balaban J connectivity index is 1.90. The van der Waals surface area contributed by atoms with E-state index in [1.807, 2.05) is 48.6 Å². The number of rotatable bonds is 10. The highest BCUT2D eigenvalue weighted by atomic mass is 28.4. The molecule has 0 aromatic heterocycles. The Morgan fingerprint density at radius 2 is 1.20 bits per heavy atom. The molecule has 0 saturated heterocycles. The maximum atomic E-state index is 9.61.